The first-order chi connectivity index (χ1) is 9.34. The number of benzene rings is 2. The van der Waals surface area contributed by atoms with Gasteiger partial charge in [-0.05, 0) is 42.8 Å². The van der Waals surface area contributed by atoms with E-state index in [1.165, 1.54) is 31.3 Å². The number of hydrogen-bond acceptors (Lipinski definition) is 2. The minimum absolute atomic E-state index is 0.0214. The van der Waals surface area contributed by atoms with Gasteiger partial charge < -0.3 is 0 Å². The molecule has 0 fully saturated rings. The fourth-order valence-corrected chi connectivity index (χ4v) is 3.31. The summed E-state index contributed by atoms with van der Waals surface area (Å²) >= 11 is 3.32. The van der Waals surface area contributed by atoms with E-state index in [0.717, 1.165) is 14.3 Å². The molecule has 0 saturated heterocycles. The predicted octanol–water partition coefficient (Wildman–Crippen LogP) is 3.72. The molecule has 20 heavy (non-hydrogen) atoms. The maximum atomic E-state index is 13.7. The lowest BCUT2D eigenvalue weighted by Gasteiger charge is -2.20. The van der Waals surface area contributed by atoms with Gasteiger partial charge in [-0.1, -0.05) is 28.1 Å². The zero-order valence-corrected chi connectivity index (χ0v) is 13.4. The van der Waals surface area contributed by atoms with Crippen LogP contribution in [-0.4, -0.2) is 15.5 Å². The molecule has 106 valence electrons. The van der Waals surface area contributed by atoms with Gasteiger partial charge in [0.15, 0.2) is 0 Å². The van der Waals surface area contributed by atoms with Gasteiger partial charge in [-0.15, -0.1) is 0 Å². The molecule has 0 heterocycles. The molecule has 6 heteroatoms. The van der Waals surface area contributed by atoms with Crippen LogP contribution in [0.25, 0.3) is 0 Å². The van der Waals surface area contributed by atoms with Crippen molar-refractivity contribution >= 4 is 31.6 Å². The molecule has 0 aliphatic rings. The minimum atomic E-state index is -3.78. The molecule has 2 aromatic carbocycles. The summed E-state index contributed by atoms with van der Waals surface area (Å²) in [6.45, 7) is 1.80. The fraction of sp³-hybridized carbons (Fsp3) is 0.143. The zero-order valence-electron chi connectivity index (χ0n) is 11.0. The van der Waals surface area contributed by atoms with Gasteiger partial charge in [-0.25, -0.2) is 12.8 Å². The number of aryl methyl sites for hydroxylation is 1. The van der Waals surface area contributed by atoms with Gasteiger partial charge in [0.05, 0.1) is 10.6 Å². The third-order valence-corrected chi connectivity index (χ3v) is 5.64. The second-order valence-electron chi connectivity index (χ2n) is 4.33. The maximum absolute atomic E-state index is 13.7. The van der Waals surface area contributed by atoms with Crippen molar-refractivity contribution in [3.8, 4) is 0 Å². The van der Waals surface area contributed by atoms with E-state index in [2.05, 4.69) is 15.9 Å². The topological polar surface area (TPSA) is 37.4 Å². The van der Waals surface area contributed by atoms with Crippen LogP contribution in [0.2, 0.25) is 0 Å². The summed E-state index contributed by atoms with van der Waals surface area (Å²) in [4.78, 5) is 0.129. The fourth-order valence-electron chi connectivity index (χ4n) is 1.77. The number of nitrogens with zero attached hydrogens (tertiary/aromatic N) is 1. The van der Waals surface area contributed by atoms with E-state index in [4.69, 9.17) is 0 Å². The molecule has 0 unspecified atom stereocenters. The molecular weight excluding hydrogens is 345 g/mol. The third kappa shape index (κ3) is 2.71. The normalized spacial score (nSPS) is 11.4. The second kappa shape index (κ2) is 5.54. The van der Waals surface area contributed by atoms with Gasteiger partial charge in [0.1, 0.15) is 5.82 Å². The number of hydrogen-bond donors (Lipinski definition) is 0. The van der Waals surface area contributed by atoms with Crippen LogP contribution in [0.5, 0.6) is 0 Å². The quantitative estimate of drug-likeness (QED) is 0.839. The van der Waals surface area contributed by atoms with E-state index in [1.807, 2.05) is 0 Å². The van der Waals surface area contributed by atoms with Gasteiger partial charge >= 0.3 is 0 Å². The molecule has 0 aliphatic carbocycles. The lowest BCUT2D eigenvalue weighted by molar-refractivity contribution is 0.589. The van der Waals surface area contributed by atoms with Crippen molar-refractivity contribution in [3.63, 3.8) is 0 Å². The highest BCUT2D eigenvalue weighted by atomic mass is 79.9. The molecule has 0 N–H and O–H groups in total. The highest BCUT2D eigenvalue weighted by Gasteiger charge is 2.23. The number of sulfonamides is 1. The number of halogens is 2. The van der Waals surface area contributed by atoms with Crippen LogP contribution in [0.1, 0.15) is 5.56 Å². The molecule has 2 rings (SSSR count). The van der Waals surface area contributed by atoms with Crippen molar-refractivity contribution in [2.45, 2.75) is 11.8 Å². The van der Waals surface area contributed by atoms with E-state index in [9.17, 15) is 12.8 Å². The third-order valence-electron chi connectivity index (χ3n) is 2.98. The molecule has 0 amide bonds. The van der Waals surface area contributed by atoms with Crippen molar-refractivity contribution in [3.05, 3.63) is 58.3 Å². The zero-order chi connectivity index (χ0) is 14.9. The van der Waals surface area contributed by atoms with Gasteiger partial charge in [-0.3, -0.25) is 4.31 Å². The van der Waals surface area contributed by atoms with Crippen LogP contribution in [0, 0.1) is 12.7 Å². The van der Waals surface area contributed by atoms with E-state index < -0.39 is 15.8 Å². The molecule has 0 bridgehead atoms. The maximum Gasteiger partial charge on any atom is 0.264 e. The molecule has 0 saturated carbocycles. The summed E-state index contributed by atoms with van der Waals surface area (Å²) in [5, 5.41) is 0. The number of para-hydroxylation sites is 1. The summed E-state index contributed by atoms with van der Waals surface area (Å²) in [7, 11) is -2.44. The Morgan fingerprint density at radius 3 is 2.40 bits per heavy atom. The SMILES string of the molecule is Cc1cc(S(=O)(=O)N(C)c2ccccc2F)ccc1Br. The van der Waals surface area contributed by atoms with Crippen LogP contribution in [0.15, 0.2) is 51.8 Å². The van der Waals surface area contributed by atoms with Crippen LogP contribution < -0.4 is 4.31 Å². The van der Waals surface area contributed by atoms with Gasteiger partial charge in [-0.2, -0.15) is 0 Å². The second-order valence-corrected chi connectivity index (χ2v) is 7.16. The molecule has 0 radical (unpaired) electrons. The highest BCUT2D eigenvalue weighted by Crippen LogP contribution is 2.26. The average molecular weight is 358 g/mol. The molecule has 2 aromatic rings. The summed E-state index contributed by atoms with van der Waals surface area (Å²) in [6, 6.07) is 10.5. The standard InChI is InChI=1S/C14H13BrFNO2S/c1-10-9-11(7-8-12(10)15)20(18,19)17(2)14-6-4-3-5-13(14)16/h3-9H,1-2H3. The molecule has 0 spiro atoms. The van der Waals surface area contributed by atoms with Gasteiger partial charge in [0, 0.05) is 11.5 Å². The Bertz CT molecular complexity index is 747. The monoisotopic (exact) mass is 357 g/mol. The Morgan fingerprint density at radius 2 is 1.80 bits per heavy atom. The van der Waals surface area contributed by atoms with Crippen molar-refractivity contribution in [1.82, 2.24) is 0 Å². The van der Waals surface area contributed by atoms with E-state index >= 15 is 0 Å². The van der Waals surface area contributed by atoms with E-state index in [1.54, 1.807) is 25.1 Å². The van der Waals surface area contributed by atoms with E-state index in [0.29, 0.717) is 0 Å². The first kappa shape index (κ1) is 15.0. The largest absolute Gasteiger partial charge is 0.266 e. The Labute approximate surface area is 126 Å². The number of anilines is 1. The lowest BCUT2D eigenvalue weighted by Crippen LogP contribution is -2.27. The molecular formula is C14H13BrFNO2S. The van der Waals surface area contributed by atoms with Gasteiger partial charge in [0.2, 0.25) is 0 Å². The minimum Gasteiger partial charge on any atom is -0.266 e. The van der Waals surface area contributed by atoms with Crippen LogP contribution in [0.3, 0.4) is 0 Å². The lowest BCUT2D eigenvalue weighted by atomic mass is 10.2. The average Bonchev–Trinajstić information content (AvgIpc) is 2.41. The van der Waals surface area contributed by atoms with Crippen molar-refractivity contribution in [2.24, 2.45) is 0 Å². The first-order valence-corrected chi connectivity index (χ1v) is 8.07. The van der Waals surface area contributed by atoms with E-state index in [-0.39, 0.29) is 10.6 Å². The summed E-state index contributed by atoms with van der Waals surface area (Å²) in [5.41, 5.74) is 0.820. The molecule has 0 aromatic heterocycles. The summed E-state index contributed by atoms with van der Waals surface area (Å²) < 4.78 is 40.5. The van der Waals surface area contributed by atoms with Crippen LogP contribution in [0.4, 0.5) is 10.1 Å². The van der Waals surface area contributed by atoms with Crippen molar-refractivity contribution in [1.29, 1.82) is 0 Å². The highest BCUT2D eigenvalue weighted by molar-refractivity contribution is 9.10. The van der Waals surface area contributed by atoms with Gasteiger partial charge in [0.25, 0.3) is 10.0 Å². The molecule has 3 nitrogen and oxygen atoms in total. The Morgan fingerprint density at radius 1 is 1.15 bits per heavy atom. The Kier molecular flexibility index (Phi) is 4.15. The molecule has 0 aliphatic heterocycles. The Hall–Kier alpha value is -1.40. The smallest absolute Gasteiger partial charge is 0.264 e. The summed E-state index contributed by atoms with van der Waals surface area (Å²) in [6.07, 6.45) is 0. The Balaban J connectivity index is 2.50. The van der Waals surface area contributed by atoms with Crippen molar-refractivity contribution < 1.29 is 12.8 Å². The molecule has 0 atom stereocenters. The van der Waals surface area contributed by atoms with Crippen LogP contribution in [-0.2, 0) is 10.0 Å². The predicted molar refractivity (Wildman–Crippen MR) is 80.9 cm³/mol. The summed E-state index contributed by atoms with van der Waals surface area (Å²) in [5.74, 6) is -0.576. The van der Waals surface area contributed by atoms with Crippen molar-refractivity contribution in [2.75, 3.05) is 11.4 Å². The van der Waals surface area contributed by atoms with Crippen LogP contribution >= 0.6 is 15.9 Å². The number of rotatable bonds is 3. The first-order valence-electron chi connectivity index (χ1n) is 5.83.